The first-order chi connectivity index (χ1) is 25.8. The summed E-state index contributed by atoms with van der Waals surface area (Å²) in [6.07, 6.45) is 2.68. The molecular weight excluding hydrogens is 737 g/mol. The highest BCUT2D eigenvalue weighted by Gasteiger charge is 2.25. The van der Waals surface area contributed by atoms with Crippen molar-refractivity contribution in [1.82, 2.24) is 19.4 Å². The molecule has 54 heavy (non-hydrogen) atoms. The summed E-state index contributed by atoms with van der Waals surface area (Å²) in [7, 11) is 5.23. The second kappa shape index (κ2) is 17.8. The lowest BCUT2D eigenvalue weighted by molar-refractivity contribution is -0.134. The number of rotatable bonds is 10. The monoisotopic (exact) mass is 773 g/mol. The number of amides is 2. The Morgan fingerprint density at radius 1 is 0.833 bits per heavy atom. The number of benzene rings is 3. The van der Waals surface area contributed by atoms with E-state index in [-0.39, 0.29) is 11.8 Å². The molecule has 0 unspecified atom stereocenters. The number of hydrogen-bond donors (Lipinski definition) is 2. The third kappa shape index (κ3) is 9.95. The minimum absolute atomic E-state index is 0.0158. The van der Waals surface area contributed by atoms with Gasteiger partial charge in [-0.2, -0.15) is 0 Å². The molecule has 0 radical (unpaired) electrons. The number of hydrogen-bond acceptors (Lipinski definition) is 8. The first kappa shape index (κ1) is 39.3. The highest BCUT2D eigenvalue weighted by Crippen LogP contribution is 2.29. The summed E-state index contributed by atoms with van der Waals surface area (Å²) < 4.78 is 13.2. The van der Waals surface area contributed by atoms with Gasteiger partial charge in [-0.3, -0.25) is 14.5 Å². The molecule has 5 aromatic rings. The van der Waals surface area contributed by atoms with Gasteiger partial charge in [-0.05, 0) is 66.2 Å². The van der Waals surface area contributed by atoms with Gasteiger partial charge in [0.15, 0.2) is 0 Å². The van der Waals surface area contributed by atoms with E-state index in [9.17, 15) is 19.2 Å². The number of anilines is 1. The van der Waals surface area contributed by atoms with E-state index in [0.29, 0.717) is 63.9 Å². The summed E-state index contributed by atoms with van der Waals surface area (Å²) in [5.41, 5.74) is 3.79. The Hall–Kier alpha value is -5.89. The van der Waals surface area contributed by atoms with Gasteiger partial charge < -0.3 is 34.1 Å². The summed E-state index contributed by atoms with van der Waals surface area (Å²) in [6, 6.07) is 23.9. The summed E-state index contributed by atoms with van der Waals surface area (Å²) >= 11 is 12.1. The molecule has 2 N–H and O–H groups in total. The average Bonchev–Trinajstić information content (AvgIpc) is 3.50. The summed E-state index contributed by atoms with van der Waals surface area (Å²) in [5.74, 6) is -0.937. The molecule has 1 fully saturated rings. The number of aryl methyl sites for hydroxylation is 1. The Kier molecular flexibility index (Phi) is 12.9. The van der Waals surface area contributed by atoms with E-state index in [1.54, 1.807) is 44.6 Å². The van der Waals surface area contributed by atoms with Crippen LogP contribution < -0.4 is 14.4 Å². The lowest BCUT2D eigenvalue weighted by atomic mass is 10.2. The maximum Gasteiger partial charge on any atom is 0.328 e. The van der Waals surface area contributed by atoms with Crippen LogP contribution in [0.15, 0.2) is 97.2 Å². The predicted molar refractivity (Wildman–Crippen MR) is 205 cm³/mol. The lowest BCUT2D eigenvalue weighted by Crippen LogP contribution is -2.48. The molecule has 0 saturated carbocycles. The summed E-state index contributed by atoms with van der Waals surface area (Å²) in [6.45, 7) is 3.80. The number of carbonyl (C=O) groups excluding carboxylic acids is 2. The molecule has 1 aliphatic heterocycles. The maximum atomic E-state index is 13.5. The van der Waals surface area contributed by atoms with E-state index in [2.05, 4.69) is 22.0 Å². The SMILES string of the molecule is COc1ccc(CN2CCN(C(=O)c3cc4cc(Oc5ccc(N(C)C(=O)c6ccc(Cl)c(Cl)c6)cn5)ccc4n3C)CC2)cc1.O=C(O)C=CC(=O)O. The van der Waals surface area contributed by atoms with Crippen molar-refractivity contribution < 1.29 is 38.9 Å². The van der Waals surface area contributed by atoms with Gasteiger partial charge in [0.05, 0.1) is 29.0 Å². The quantitative estimate of drug-likeness (QED) is 0.148. The molecule has 2 aromatic heterocycles. The normalized spacial score (nSPS) is 12.9. The summed E-state index contributed by atoms with van der Waals surface area (Å²) in [5, 5.41) is 17.2. The fourth-order valence-corrected chi connectivity index (χ4v) is 5.99. The highest BCUT2D eigenvalue weighted by molar-refractivity contribution is 6.42. The number of methoxy groups -OCH3 is 1. The van der Waals surface area contributed by atoms with Crippen molar-refractivity contribution in [3.05, 3.63) is 124 Å². The van der Waals surface area contributed by atoms with E-state index in [4.69, 9.17) is 42.9 Å². The number of halogens is 2. The number of fused-ring (bicyclic) bond motifs is 1. The Balaban J connectivity index is 0.000000631. The molecule has 1 saturated heterocycles. The van der Waals surface area contributed by atoms with Crippen LogP contribution in [0.3, 0.4) is 0 Å². The van der Waals surface area contributed by atoms with Crippen LogP contribution in [0.4, 0.5) is 5.69 Å². The fourth-order valence-electron chi connectivity index (χ4n) is 5.69. The van der Waals surface area contributed by atoms with Crippen LogP contribution in [0, 0.1) is 0 Å². The largest absolute Gasteiger partial charge is 0.497 e. The zero-order valence-corrected chi connectivity index (χ0v) is 31.1. The van der Waals surface area contributed by atoms with Crippen molar-refractivity contribution in [3.8, 4) is 17.4 Å². The van der Waals surface area contributed by atoms with Gasteiger partial charge in [-0.25, -0.2) is 14.6 Å². The maximum absolute atomic E-state index is 13.5. The van der Waals surface area contributed by atoms with Gasteiger partial charge in [0.1, 0.15) is 17.2 Å². The van der Waals surface area contributed by atoms with E-state index >= 15 is 0 Å². The molecule has 280 valence electrons. The average molecular weight is 775 g/mol. The number of piperazine rings is 1. The Morgan fingerprint density at radius 2 is 1.50 bits per heavy atom. The Bertz CT molecular complexity index is 2160. The molecular formula is C39H37Cl2N5O8. The molecule has 15 heteroatoms. The summed E-state index contributed by atoms with van der Waals surface area (Å²) in [4.78, 5) is 55.7. The third-order valence-corrected chi connectivity index (χ3v) is 9.37. The molecule has 0 bridgehead atoms. The number of ether oxygens (including phenoxy) is 2. The fraction of sp³-hybridized carbons (Fsp3) is 0.205. The van der Waals surface area contributed by atoms with Gasteiger partial charge in [0.2, 0.25) is 5.88 Å². The third-order valence-electron chi connectivity index (χ3n) is 8.63. The van der Waals surface area contributed by atoms with Crippen molar-refractivity contribution in [2.75, 3.05) is 45.2 Å². The van der Waals surface area contributed by atoms with Crippen LogP contribution in [-0.2, 0) is 23.2 Å². The van der Waals surface area contributed by atoms with Crippen LogP contribution in [-0.4, -0.2) is 93.7 Å². The second-order valence-corrected chi connectivity index (χ2v) is 13.0. The predicted octanol–water partition coefficient (Wildman–Crippen LogP) is 6.63. The minimum Gasteiger partial charge on any atom is -0.497 e. The van der Waals surface area contributed by atoms with Gasteiger partial charge in [0, 0.05) is 81.5 Å². The van der Waals surface area contributed by atoms with Crippen LogP contribution >= 0.6 is 23.2 Å². The number of carbonyl (C=O) groups is 4. The van der Waals surface area contributed by atoms with Crippen molar-refractivity contribution >= 4 is 63.5 Å². The number of aromatic nitrogens is 2. The van der Waals surface area contributed by atoms with Gasteiger partial charge >= 0.3 is 11.9 Å². The zero-order chi connectivity index (χ0) is 38.9. The number of nitrogens with zero attached hydrogens (tertiary/aromatic N) is 5. The van der Waals surface area contributed by atoms with Crippen molar-refractivity contribution in [2.45, 2.75) is 6.54 Å². The van der Waals surface area contributed by atoms with Crippen LogP contribution in [0.1, 0.15) is 26.4 Å². The molecule has 13 nitrogen and oxygen atoms in total. The van der Waals surface area contributed by atoms with Crippen molar-refractivity contribution in [1.29, 1.82) is 0 Å². The minimum atomic E-state index is -1.26. The topological polar surface area (TPSA) is 155 Å². The zero-order valence-electron chi connectivity index (χ0n) is 29.6. The smallest absolute Gasteiger partial charge is 0.328 e. The molecule has 0 aliphatic carbocycles. The standard InChI is InChI=1S/C35H33Cl2N5O4.C4H4O4/c1-39(34(43)24-6-11-29(36)30(37)19-24)26-7-13-33(38-21-26)46-28-10-12-31-25(18-28)20-32(40(31)2)35(44)42-16-14-41(15-17-42)22-23-4-8-27(45-3)9-5-23;5-3(6)1-2-4(7)8/h4-13,18-21H,14-17,22H2,1-3H3;1-2H,(H,5,6)(H,7,8). The van der Waals surface area contributed by atoms with Crippen LogP contribution in [0.5, 0.6) is 17.4 Å². The van der Waals surface area contributed by atoms with E-state index < -0.39 is 11.9 Å². The molecule has 3 aromatic carbocycles. The van der Waals surface area contributed by atoms with Crippen LogP contribution in [0.2, 0.25) is 10.0 Å². The van der Waals surface area contributed by atoms with Gasteiger partial charge in [-0.15, -0.1) is 0 Å². The Labute approximate surface area is 321 Å². The molecule has 3 heterocycles. The number of carboxylic acid groups (broad SMARTS) is 2. The first-order valence-corrected chi connectivity index (χ1v) is 17.3. The molecule has 2 amide bonds. The highest BCUT2D eigenvalue weighted by atomic mass is 35.5. The number of aliphatic carboxylic acids is 2. The molecule has 6 rings (SSSR count). The number of carboxylic acids is 2. The van der Waals surface area contributed by atoms with Crippen LogP contribution in [0.25, 0.3) is 10.9 Å². The van der Waals surface area contributed by atoms with E-state index in [1.165, 1.54) is 16.5 Å². The van der Waals surface area contributed by atoms with E-state index in [1.807, 2.05) is 52.9 Å². The van der Waals surface area contributed by atoms with Gasteiger partial charge in [0.25, 0.3) is 11.8 Å². The van der Waals surface area contributed by atoms with E-state index in [0.717, 1.165) is 36.3 Å². The second-order valence-electron chi connectivity index (χ2n) is 12.2. The number of pyridine rings is 1. The van der Waals surface area contributed by atoms with Crippen molar-refractivity contribution in [3.63, 3.8) is 0 Å². The van der Waals surface area contributed by atoms with Gasteiger partial charge in [-0.1, -0.05) is 35.3 Å². The molecule has 0 spiro atoms. The Morgan fingerprint density at radius 3 is 2.09 bits per heavy atom. The first-order valence-electron chi connectivity index (χ1n) is 16.6. The van der Waals surface area contributed by atoms with Crippen molar-refractivity contribution in [2.24, 2.45) is 7.05 Å². The molecule has 0 atom stereocenters. The molecule has 1 aliphatic rings. The lowest BCUT2D eigenvalue weighted by Gasteiger charge is -2.34.